The molecule has 1 saturated heterocycles. The number of aliphatic hydroxyl groups is 1. The van der Waals surface area contributed by atoms with Gasteiger partial charge in [-0.1, -0.05) is 34.9 Å². The highest BCUT2D eigenvalue weighted by Gasteiger charge is 2.37. The van der Waals surface area contributed by atoms with E-state index in [1.165, 1.54) is 25.1 Å². The molecule has 1 heterocycles. The zero-order chi connectivity index (χ0) is 40.3. The van der Waals surface area contributed by atoms with Crippen molar-refractivity contribution in [2.45, 2.75) is 88.0 Å². The molecular weight excluding hydrogens is 758 g/mol. The highest BCUT2D eigenvalue weighted by molar-refractivity contribution is 7.89. The average molecular weight is 805 g/mol. The molecule has 0 spiro atoms. The molecule has 4 rings (SSSR count). The first-order chi connectivity index (χ1) is 26.0. The number of rotatable bonds is 16. The number of carbonyl (C=O) groups excluding carboxylic acids is 2. The van der Waals surface area contributed by atoms with Crippen molar-refractivity contribution in [3.63, 3.8) is 0 Å². The lowest BCUT2D eigenvalue weighted by molar-refractivity contribution is -0.118. The largest absolute Gasteiger partial charge is 0.444 e. The third-order valence-corrected chi connectivity index (χ3v) is 10.7. The fraction of sp³-hybridized carbons (Fsp3) is 0.474. The van der Waals surface area contributed by atoms with E-state index in [9.17, 15) is 33.0 Å². The molecule has 3 aromatic rings. The second-order valence-corrected chi connectivity index (χ2v) is 16.6. The summed E-state index contributed by atoms with van der Waals surface area (Å²) in [4.78, 5) is 31.2. The Morgan fingerprint density at radius 3 is 2.33 bits per heavy atom. The Balaban J connectivity index is 1.66. The molecule has 0 unspecified atom stereocenters. The maximum absolute atomic E-state index is 15.7. The van der Waals surface area contributed by atoms with E-state index in [0.717, 1.165) is 34.7 Å². The van der Waals surface area contributed by atoms with Crippen molar-refractivity contribution in [3.05, 3.63) is 105 Å². The van der Waals surface area contributed by atoms with Gasteiger partial charge in [0.2, 0.25) is 15.9 Å². The number of amides is 2. The SMILES string of the molecule is C[C@H](O)CN(C[C@H](CCc1c(F)cccc1NC(=O)[C@@H](N=[N+]=[N-])[C@@H](c1ccc(Cl)cc1)C1CCOCC1)NS(=O)(=O)c1ccc(F)cc1)C(=O)OC(C)(C)C. The van der Waals surface area contributed by atoms with Crippen LogP contribution in [0.2, 0.25) is 5.02 Å². The van der Waals surface area contributed by atoms with Gasteiger partial charge in [0, 0.05) is 59.4 Å². The smallest absolute Gasteiger partial charge is 0.410 e. The van der Waals surface area contributed by atoms with Crippen LogP contribution in [0.25, 0.3) is 10.4 Å². The third kappa shape index (κ3) is 12.9. The number of hydrogen-bond donors (Lipinski definition) is 3. The van der Waals surface area contributed by atoms with Gasteiger partial charge >= 0.3 is 6.09 Å². The lowest BCUT2D eigenvalue weighted by Gasteiger charge is -2.34. The highest BCUT2D eigenvalue weighted by atomic mass is 35.5. The number of aliphatic hydroxyl groups excluding tert-OH is 1. The summed E-state index contributed by atoms with van der Waals surface area (Å²) in [5.74, 6) is -2.69. The Bertz CT molecular complexity index is 1920. The van der Waals surface area contributed by atoms with Crippen LogP contribution in [0.15, 0.2) is 76.7 Å². The van der Waals surface area contributed by atoms with Crippen molar-refractivity contribution in [1.82, 2.24) is 9.62 Å². The van der Waals surface area contributed by atoms with Gasteiger partial charge in [0.05, 0.1) is 11.0 Å². The summed E-state index contributed by atoms with van der Waals surface area (Å²) in [5, 5.41) is 17.4. The minimum absolute atomic E-state index is 0.0231. The number of anilines is 1. The monoisotopic (exact) mass is 804 g/mol. The lowest BCUT2D eigenvalue weighted by Crippen LogP contribution is -2.49. The number of nitrogens with zero attached hydrogens (tertiary/aromatic N) is 4. The topological polar surface area (TPSA) is 183 Å². The summed E-state index contributed by atoms with van der Waals surface area (Å²) >= 11 is 6.15. The van der Waals surface area contributed by atoms with E-state index < -0.39 is 63.4 Å². The predicted molar refractivity (Wildman–Crippen MR) is 204 cm³/mol. The van der Waals surface area contributed by atoms with Crippen LogP contribution in [0.4, 0.5) is 19.3 Å². The first kappa shape index (κ1) is 43.4. The summed E-state index contributed by atoms with van der Waals surface area (Å²) in [6, 6.07) is 12.8. The van der Waals surface area contributed by atoms with E-state index >= 15 is 4.39 Å². The molecule has 13 nitrogen and oxygen atoms in total. The Hall–Kier alpha value is -4.31. The van der Waals surface area contributed by atoms with E-state index in [-0.39, 0.29) is 48.0 Å². The number of benzene rings is 3. The molecule has 0 aliphatic carbocycles. The summed E-state index contributed by atoms with van der Waals surface area (Å²) in [5.41, 5.74) is 9.50. The number of azide groups is 1. The van der Waals surface area contributed by atoms with Crippen LogP contribution in [-0.4, -0.2) is 80.5 Å². The molecule has 1 aliphatic heterocycles. The molecule has 3 N–H and O–H groups in total. The number of nitrogens with one attached hydrogen (secondary N) is 2. The zero-order valence-electron chi connectivity index (χ0n) is 31.1. The van der Waals surface area contributed by atoms with Crippen LogP contribution in [0.1, 0.15) is 64.0 Å². The minimum atomic E-state index is -4.31. The van der Waals surface area contributed by atoms with Crippen LogP contribution in [-0.2, 0) is 30.7 Å². The van der Waals surface area contributed by atoms with Crippen molar-refractivity contribution in [1.29, 1.82) is 0 Å². The molecular formula is C38H47ClF2N6O7S. The molecule has 0 aromatic heterocycles. The van der Waals surface area contributed by atoms with E-state index in [1.54, 1.807) is 45.0 Å². The van der Waals surface area contributed by atoms with Gasteiger partial charge in [-0.3, -0.25) is 4.79 Å². The second-order valence-electron chi connectivity index (χ2n) is 14.5. The summed E-state index contributed by atoms with van der Waals surface area (Å²) in [6.07, 6.45) is -0.887. The summed E-state index contributed by atoms with van der Waals surface area (Å²) in [7, 11) is -4.31. The maximum atomic E-state index is 15.7. The van der Waals surface area contributed by atoms with Crippen LogP contribution in [0.5, 0.6) is 0 Å². The van der Waals surface area contributed by atoms with E-state index in [0.29, 0.717) is 31.1 Å². The first-order valence-electron chi connectivity index (χ1n) is 17.9. The van der Waals surface area contributed by atoms with Crippen LogP contribution < -0.4 is 10.0 Å². The van der Waals surface area contributed by atoms with E-state index in [2.05, 4.69) is 20.1 Å². The van der Waals surface area contributed by atoms with Crippen LogP contribution in [0.3, 0.4) is 0 Å². The third-order valence-electron chi connectivity index (χ3n) is 8.96. The van der Waals surface area contributed by atoms with Gasteiger partial charge in [-0.2, -0.15) is 0 Å². The molecule has 0 bridgehead atoms. The number of hydrogen-bond acceptors (Lipinski definition) is 8. The number of ether oxygens (including phenoxy) is 2. The minimum Gasteiger partial charge on any atom is -0.444 e. The molecule has 1 aliphatic rings. The van der Waals surface area contributed by atoms with Gasteiger partial charge in [0.15, 0.2) is 0 Å². The van der Waals surface area contributed by atoms with Gasteiger partial charge in [-0.25, -0.2) is 26.7 Å². The molecule has 298 valence electrons. The van der Waals surface area contributed by atoms with Crippen LogP contribution >= 0.6 is 11.6 Å². The fourth-order valence-electron chi connectivity index (χ4n) is 6.49. The Kier molecular flexibility index (Phi) is 15.4. The quantitative estimate of drug-likeness (QED) is 0.0769. The normalized spacial score (nSPS) is 15.9. The zero-order valence-corrected chi connectivity index (χ0v) is 32.7. The summed E-state index contributed by atoms with van der Waals surface area (Å²) < 4.78 is 70.0. The number of carbonyl (C=O) groups is 2. The molecule has 17 heteroatoms. The summed E-state index contributed by atoms with van der Waals surface area (Å²) in [6.45, 7) is 6.82. The van der Waals surface area contributed by atoms with Crippen molar-refractivity contribution < 1.29 is 41.4 Å². The van der Waals surface area contributed by atoms with E-state index in [1.807, 2.05) is 0 Å². The average Bonchev–Trinajstić information content (AvgIpc) is 3.11. The van der Waals surface area contributed by atoms with Crippen LogP contribution in [0, 0.1) is 17.6 Å². The van der Waals surface area contributed by atoms with Crippen molar-refractivity contribution >= 4 is 39.3 Å². The van der Waals surface area contributed by atoms with Gasteiger partial charge < -0.3 is 24.8 Å². The van der Waals surface area contributed by atoms with E-state index in [4.69, 9.17) is 21.1 Å². The molecule has 0 saturated carbocycles. The number of halogens is 3. The number of sulfonamides is 1. The standard InChI is InChI=1S/C38H47ClF2N6O7S/c1-24(48)22-47(37(50)54-38(2,3)4)23-29(45-55(51,52)30-15-12-28(40)13-16-30)14-17-31-32(41)6-5-7-33(31)43-36(49)35(44-46-42)34(26-18-20-53-21-19-26)25-8-10-27(39)11-9-25/h5-13,15-16,24,26,29,34-35,45,48H,14,17-23H2,1-4H3,(H,43,49)/t24-,29-,34-,35-/m0/s1. The Labute approximate surface area is 325 Å². The van der Waals surface area contributed by atoms with Crippen molar-refractivity contribution in [2.75, 3.05) is 31.6 Å². The van der Waals surface area contributed by atoms with Gasteiger partial charge in [0.1, 0.15) is 23.3 Å². The molecule has 1 fully saturated rings. The van der Waals surface area contributed by atoms with Gasteiger partial charge in [-0.15, -0.1) is 0 Å². The van der Waals surface area contributed by atoms with Crippen molar-refractivity contribution in [3.8, 4) is 0 Å². The van der Waals surface area contributed by atoms with Crippen molar-refractivity contribution in [2.24, 2.45) is 11.0 Å². The molecule has 55 heavy (non-hydrogen) atoms. The predicted octanol–water partition coefficient (Wildman–Crippen LogP) is 7.34. The lowest BCUT2D eigenvalue weighted by atomic mass is 9.76. The molecule has 4 atom stereocenters. The second kappa shape index (κ2) is 19.5. The molecule has 0 radical (unpaired) electrons. The maximum Gasteiger partial charge on any atom is 0.410 e. The fourth-order valence-corrected chi connectivity index (χ4v) is 7.88. The highest BCUT2D eigenvalue weighted by Crippen LogP contribution is 2.38. The Morgan fingerprint density at radius 2 is 1.73 bits per heavy atom. The van der Waals surface area contributed by atoms with Gasteiger partial charge in [0.25, 0.3) is 0 Å². The molecule has 2 amide bonds. The molecule has 3 aromatic carbocycles. The first-order valence-corrected chi connectivity index (χ1v) is 19.7. The Morgan fingerprint density at radius 1 is 1.07 bits per heavy atom. The van der Waals surface area contributed by atoms with Gasteiger partial charge in [-0.05, 0) is 119 Å².